The molecule has 0 saturated heterocycles. The minimum atomic E-state index is -1.20. The summed E-state index contributed by atoms with van der Waals surface area (Å²) < 4.78 is 13.5. The summed E-state index contributed by atoms with van der Waals surface area (Å²) in [4.78, 5) is 13.5. The Morgan fingerprint density at radius 2 is 2.05 bits per heavy atom. The zero-order chi connectivity index (χ0) is 15.4. The predicted molar refractivity (Wildman–Crippen MR) is 80.9 cm³/mol. The first kappa shape index (κ1) is 16.0. The molecule has 1 N–H and O–H groups in total. The highest BCUT2D eigenvalue weighted by molar-refractivity contribution is 5.88. The molecule has 0 aliphatic heterocycles. The highest BCUT2D eigenvalue weighted by atomic mass is 19.1. The quantitative estimate of drug-likeness (QED) is 0.864. The smallest absolute Gasteiger partial charge is 0.338 e. The molecule has 1 aliphatic rings. The molecular weight excluding hydrogens is 269 g/mol. The second-order valence-corrected chi connectivity index (χ2v) is 6.38. The first-order chi connectivity index (χ1) is 9.97. The molecule has 0 bridgehead atoms. The van der Waals surface area contributed by atoms with E-state index in [0.717, 1.165) is 12.1 Å². The van der Waals surface area contributed by atoms with E-state index in [9.17, 15) is 9.18 Å². The molecule has 0 spiro atoms. The van der Waals surface area contributed by atoms with Crippen molar-refractivity contribution in [3.05, 3.63) is 35.1 Å². The third-order valence-electron chi connectivity index (χ3n) is 4.09. The summed E-state index contributed by atoms with van der Waals surface area (Å²) in [6.45, 7) is 6.07. The van der Waals surface area contributed by atoms with Crippen LogP contribution in [-0.4, -0.2) is 28.6 Å². The van der Waals surface area contributed by atoms with Gasteiger partial charge in [-0.25, -0.2) is 9.18 Å². The molecule has 1 aliphatic carbocycles. The van der Waals surface area contributed by atoms with E-state index < -0.39 is 11.8 Å². The Morgan fingerprint density at radius 3 is 2.62 bits per heavy atom. The van der Waals surface area contributed by atoms with Crippen LogP contribution in [-0.2, 0) is 6.54 Å². The van der Waals surface area contributed by atoms with Crippen LogP contribution in [0.25, 0.3) is 0 Å². The number of rotatable bonds is 6. The second kappa shape index (κ2) is 7.03. The Hall–Kier alpha value is -1.42. The topological polar surface area (TPSA) is 40.5 Å². The SMILES string of the molecule is CC(C)CN(Cc1ccc(F)c(C(=O)O)c1)C1CCCC1. The Labute approximate surface area is 125 Å². The monoisotopic (exact) mass is 293 g/mol. The van der Waals surface area contributed by atoms with Crippen molar-refractivity contribution in [1.29, 1.82) is 0 Å². The fraction of sp³-hybridized carbons (Fsp3) is 0.588. The normalized spacial score (nSPS) is 16.0. The Bertz CT molecular complexity index is 496. The van der Waals surface area contributed by atoms with Gasteiger partial charge in [-0.3, -0.25) is 4.90 Å². The number of hydrogen-bond donors (Lipinski definition) is 1. The van der Waals surface area contributed by atoms with Crippen LogP contribution < -0.4 is 0 Å². The lowest BCUT2D eigenvalue weighted by atomic mass is 10.1. The molecule has 0 heterocycles. The van der Waals surface area contributed by atoms with Crippen LogP contribution in [0.15, 0.2) is 18.2 Å². The Kier molecular flexibility index (Phi) is 5.34. The molecule has 2 rings (SSSR count). The summed E-state index contributed by atoms with van der Waals surface area (Å²) in [7, 11) is 0. The van der Waals surface area contributed by atoms with Gasteiger partial charge < -0.3 is 5.11 Å². The molecule has 0 aromatic heterocycles. The number of aromatic carboxylic acids is 1. The minimum absolute atomic E-state index is 0.233. The van der Waals surface area contributed by atoms with Gasteiger partial charge in [0.1, 0.15) is 5.82 Å². The molecule has 0 amide bonds. The van der Waals surface area contributed by atoms with E-state index in [1.54, 1.807) is 6.07 Å². The molecular formula is C17H24FNO2. The summed E-state index contributed by atoms with van der Waals surface area (Å²) in [6.07, 6.45) is 4.95. The van der Waals surface area contributed by atoms with Crippen molar-refractivity contribution in [2.45, 2.75) is 52.1 Å². The molecule has 0 atom stereocenters. The van der Waals surface area contributed by atoms with E-state index in [-0.39, 0.29) is 5.56 Å². The number of carbonyl (C=O) groups is 1. The molecule has 0 radical (unpaired) electrons. The predicted octanol–water partition coefficient (Wildman–Crippen LogP) is 3.92. The lowest BCUT2D eigenvalue weighted by molar-refractivity contribution is 0.0691. The van der Waals surface area contributed by atoms with E-state index in [4.69, 9.17) is 5.11 Å². The Morgan fingerprint density at radius 1 is 1.38 bits per heavy atom. The van der Waals surface area contributed by atoms with Crippen molar-refractivity contribution < 1.29 is 14.3 Å². The van der Waals surface area contributed by atoms with Gasteiger partial charge in [-0.1, -0.05) is 32.8 Å². The number of carboxylic acids is 1. The lowest BCUT2D eigenvalue weighted by Gasteiger charge is -2.30. The number of halogens is 1. The van der Waals surface area contributed by atoms with Gasteiger partial charge in [-0.2, -0.15) is 0 Å². The van der Waals surface area contributed by atoms with Crippen molar-refractivity contribution in [3.8, 4) is 0 Å². The highest BCUT2D eigenvalue weighted by Gasteiger charge is 2.23. The van der Waals surface area contributed by atoms with E-state index in [1.165, 1.54) is 37.8 Å². The zero-order valence-corrected chi connectivity index (χ0v) is 12.8. The van der Waals surface area contributed by atoms with Crippen LogP contribution in [0, 0.1) is 11.7 Å². The van der Waals surface area contributed by atoms with E-state index >= 15 is 0 Å². The summed E-state index contributed by atoms with van der Waals surface area (Å²) in [5, 5.41) is 9.03. The molecule has 4 heteroatoms. The fourth-order valence-corrected chi connectivity index (χ4v) is 3.15. The molecule has 1 aromatic rings. The number of nitrogens with zero attached hydrogens (tertiary/aromatic N) is 1. The summed E-state index contributed by atoms with van der Waals surface area (Å²) in [6, 6.07) is 5.01. The van der Waals surface area contributed by atoms with Crippen molar-refractivity contribution >= 4 is 5.97 Å². The third kappa shape index (κ3) is 4.27. The van der Waals surface area contributed by atoms with Crippen LogP contribution in [0.3, 0.4) is 0 Å². The third-order valence-corrected chi connectivity index (χ3v) is 4.09. The van der Waals surface area contributed by atoms with Crippen molar-refractivity contribution in [3.63, 3.8) is 0 Å². The van der Waals surface area contributed by atoms with E-state index in [1.807, 2.05) is 0 Å². The van der Waals surface area contributed by atoms with Crippen molar-refractivity contribution in [2.75, 3.05) is 6.54 Å². The Balaban J connectivity index is 2.15. The van der Waals surface area contributed by atoms with Crippen molar-refractivity contribution in [1.82, 2.24) is 4.90 Å². The van der Waals surface area contributed by atoms with E-state index in [2.05, 4.69) is 18.7 Å². The molecule has 3 nitrogen and oxygen atoms in total. The van der Waals surface area contributed by atoms with Crippen LogP contribution in [0.2, 0.25) is 0 Å². The maximum absolute atomic E-state index is 13.5. The maximum atomic E-state index is 13.5. The summed E-state index contributed by atoms with van der Waals surface area (Å²) >= 11 is 0. The van der Waals surface area contributed by atoms with Gasteiger partial charge in [0.25, 0.3) is 0 Å². The van der Waals surface area contributed by atoms with Crippen LogP contribution in [0.1, 0.15) is 55.5 Å². The summed E-state index contributed by atoms with van der Waals surface area (Å²) in [5.74, 6) is -1.31. The van der Waals surface area contributed by atoms with Crippen LogP contribution in [0.5, 0.6) is 0 Å². The molecule has 1 fully saturated rings. The number of carboxylic acid groups (broad SMARTS) is 1. The molecule has 21 heavy (non-hydrogen) atoms. The van der Waals surface area contributed by atoms with Gasteiger partial charge in [-0.15, -0.1) is 0 Å². The summed E-state index contributed by atoms with van der Waals surface area (Å²) in [5.41, 5.74) is 0.643. The van der Waals surface area contributed by atoms with Crippen LogP contribution in [0.4, 0.5) is 4.39 Å². The maximum Gasteiger partial charge on any atom is 0.338 e. The second-order valence-electron chi connectivity index (χ2n) is 6.38. The average Bonchev–Trinajstić information content (AvgIpc) is 2.93. The van der Waals surface area contributed by atoms with Crippen molar-refractivity contribution in [2.24, 2.45) is 5.92 Å². The first-order valence-electron chi connectivity index (χ1n) is 7.73. The molecule has 116 valence electrons. The van der Waals surface area contributed by atoms with Gasteiger partial charge in [0.05, 0.1) is 5.56 Å². The zero-order valence-electron chi connectivity index (χ0n) is 12.8. The van der Waals surface area contributed by atoms with Gasteiger partial charge in [0.15, 0.2) is 0 Å². The lowest BCUT2D eigenvalue weighted by Crippen LogP contribution is -2.35. The molecule has 1 aromatic carbocycles. The minimum Gasteiger partial charge on any atom is -0.478 e. The largest absolute Gasteiger partial charge is 0.478 e. The van der Waals surface area contributed by atoms with Gasteiger partial charge >= 0.3 is 5.97 Å². The molecule has 0 unspecified atom stereocenters. The van der Waals surface area contributed by atoms with Crippen LogP contribution >= 0.6 is 0 Å². The average molecular weight is 293 g/mol. The standard InChI is InChI=1S/C17H24FNO2/c1-12(2)10-19(14-5-3-4-6-14)11-13-7-8-16(18)15(9-13)17(20)21/h7-9,12,14H,3-6,10-11H2,1-2H3,(H,20,21). The number of hydrogen-bond acceptors (Lipinski definition) is 2. The number of benzene rings is 1. The van der Waals surface area contributed by atoms with E-state index in [0.29, 0.717) is 18.5 Å². The highest BCUT2D eigenvalue weighted by Crippen LogP contribution is 2.26. The fourth-order valence-electron chi connectivity index (χ4n) is 3.15. The molecule has 1 saturated carbocycles. The van der Waals surface area contributed by atoms with Gasteiger partial charge in [-0.05, 0) is 36.5 Å². The first-order valence-corrected chi connectivity index (χ1v) is 7.73. The van der Waals surface area contributed by atoms with Gasteiger partial charge in [0, 0.05) is 19.1 Å². The van der Waals surface area contributed by atoms with Gasteiger partial charge in [0.2, 0.25) is 0 Å².